The number of piperazine rings is 1. The number of hydrogen-bond acceptors (Lipinski definition) is 5. The third-order valence-corrected chi connectivity index (χ3v) is 6.18. The van der Waals surface area contributed by atoms with Gasteiger partial charge < -0.3 is 4.90 Å². The number of H-pyrrole nitrogens is 1. The van der Waals surface area contributed by atoms with Crippen molar-refractivity contribution in [2.45, 2.75) is 26.8 Å². The average Bonchev–Trinajstić information content (AvgIpc) is 3.20. The van der Waals surface area contributed by atoms with Gasteiger partial charge in [0.15, 0.2) is 5.82 Å². The Bertz CT molecular complexity index is 1290. The van der Waals surface area contributed by atoms with Gasteiger partial charge in [0.2, 0.25) is 0 Å². The molecule has 0 bridgehead atoms. The molecule has 170 valence electrons. The van der Waals surface area contributed by atoms with Crippen LogP contribution in [0.15, 0.2) is 41.5 Å². The van der Waals surface area contributed by atoms with E-state index in [0.717, 1.165) is 13.1 Å². The summed E-state index contributed by atoms with van der Waals surface area (Å²) in [5.41, 5.74) is 1.26. The standard InChI is InChI=1S/C24H25FN6O2/c1-4-29-7-8-30(14-16(29)3)23(32)17-5-6-22(27-12-17)31-24(33)20(13-28-31)19-10-21(25)18(11-26)9-15(19)2/h5-6,9-10,12-13,16,28H,4,7-8,14H2,1-3H3/t16-/m1/s1. The first-order valence-electron chi connectivity index (χ1n) is 10.8. The number of nitrogens with one attached hydrogen (secondary N) is 1. The zero-order chi connectivity index (χ0) is 23.7. The monoisotopic (exact) mass is 448 g/mol. The highest BCUT2D eigenvalue weighted by atomic mass is 19.1. The summed E-state index contributed by atoms with van der Waals surface area (Å²) in [6, 6.07) is 7.96. The van der Waals surface area contributed by atoms with Crippen molar-refractivity contribution in [1.29, 1.82) is 5.26 Å². The van der Waals surface area contributed by atoms with Crippen LogP contribution in [-0.2, 0) is 0 Å². The Morgan fingerprint density at radius 2 is 2.09 bits per heavy atom. The number of nitrogens with zero attached hydrogens (tertiary/aromatic N) is 5. The number of aromatic nitrogens is 3. The summed E-state index contributed by atoms with van der Waals surface area (Å²) in [4.78, 5) is 34.3. The van der Waals surface area contributed by atoms with Crippen molar-refractivity contribution < 1.29 is 9.18 Å². The van der Waals surface area contributed by atoms with E-state index in [0.29, 0.717) is 41.6 Å². The third kappa shape index (κ3) is 4.17. The number of nitriles is 1. The molecule has 4 rings (SSSR count). The summed E-state index contributed by atoms with van der Waals surface area (Å²) >= 11 is 0. The molecule has 8 nitrogen and oxygen atoms in total. The van der Waals surface area contributed by atoms with Crippen LogP contribution in [0, 0.1) is 24.1 Å². The van der Waals surface area contributed by atoms with Gasteiger partial charge in [0.1, 0.15) is 11.9 Å². The first-order valence-corrected chi connectivity index (χ1v) is 10.8. The number of rotatable bonds is 4. The third-order valence-electron chi connectivity index (χ3n) is 6.18. The fraction of sp³-hybridized carbons (Fsp3) is 0.333. The lowest BCUT2D eigenvalue weighted by Crippen LogP contribution is -2.53. The zero-order valence-corrected chi connectivity index (χ0v) is 18.8. The molecule has 1 aromatic carbocycles. The largest absolute Gasteiger partial charge is 0.336 e. The highest BCUT2D eigenvalue weighted by Crippen LogP contribution is 2.24. The number of aryl methyl sites for hydroxylation is 1. The van der Waals surface area contributed by atoms with E-state index < -0.39 is 11.4 Å². The van der Waals surface area contributed by atoms with Crippen molar-refractivity contribution >= 4 is 5.91 Å². The van der Waals surface area contributed by atoms with Gasteiger partial charge in [-0.3, -0.25) is 19.6 Å². The number of halogens is 1. The molecule has 0 aliphatic carbocycles. The van der Waals surface area contributed by atoms with Gasteiger partial charge in [0.25, 0.3) is 11.5 Å². The van der Waals surface area contributed by atoms with Gasteiger partial charge in [-0.05, 0) is 55.8 Å². The minimum atomic E-state index is -0.680. The summed E-state index contributed by atoms with van der Waals surface area (Å²) in [5, 5.41) is 11.8. The second-order valence-corrected chi connectivity index (χ2v) is 8.22. The topological polar surface area (TPSA) is 98.0 Å². The van der Waals surface area contributed by atoms with E-state index >= 15 is 0 Å². The van der Waals surface area contributed by atoms with E-state index in [2.05, 4.69) is 28.8 Å². The molecule has 0 spiro atoms. The maximum atomic E-state index is 14.1. The van der Waals surface area contributed by atoms with Crippen molar-refractivity contribution in [3.05, 3.63) is 69.5 Å². The minimum Gasteiger partial charge on any atom is -0.336 e. The Kier molecular flexibility index (Phi) is 6.11. The van der Waals surface area contributed by atoms with Crippen molar-refractivity contribution in [3.63, 3.8) is 0 Å². The van der Waals surface area contributed by atoms with Gasteiger partial charge in [0.05, 0.1) is 16.7 Å². The van der Waals surface area contributed by atoms with Crippen molar-refractivity contribution in [1.82, 2.24) is 24.6 Å². The lowest BCUT2D eigenvalue weighted by molar-refractivity contribution is 0.0528. The molecule has 1 N–H and O–H groups in total. The van der Waals surface area contributed by atoms with Crippen LogP contribution in [0.1, 0.15) is 35.3 Å². The van der Waals surface area contributed by atoms with Crippen LogP contribution >= 0.6 is 0 Å². The van der Waals surface area contributed by atoms with Crippen LogP contribution in [0.3, 0.4) is 0 Å². The maximum absolute atomic E-state index is 14.1. The SMILES string of the molecule is CCN1CCN(C(=O)c2ccc(-n3[nH]cc(-c4cc(F)c(C#N)cc4C)c3=O)nc2)C[C@H]1C. The summed E-state index contributed by atoms with van der Waals surface area (Å²) in [5.74, 6) is -0.445. The van der Waals surface area contributed by atoms with Gasteiger partial charge in [0, 0.05) is 38.1 Å². The highest BCUT2D eigenvalue weighted by molar-refractivity contribution is 5.94. The lowest BCUT2D eigenvalue weighted by atomic mass is 10.0. The Balaban J connectivity index is 1.57. The molecule has 3 heterocycles. The van der Waals surface area contributed by atoms with Gasteiger partial charge in [-0.15, -0.1) is 0 Å². The van der Waals surface area contributed by atoms with Crippen LogP contribution < -0.4 is 5.56 Å². The molecule has 1 saturated heterocycles. The molecule has 1 aliphatic rings. The number of benzene rings is 1. The second kappa shape index (κ2) is 9.00. The van der Waals surface area contributed by atoms with E-state index in [1.165, 1.54) is 29.2 Å². The van der Waals surface area contributed by atoms with Gasteiger partial charge >= 0.3 is 0 Å². The quantitative estimate of drug-likeness (QED) is 0.662. The summed E-state index contributed by atoms with van der Waals surface area (Å²) in [6.07, 6.45) is 2.94. The molecular weight excluding hydrogens is 423 g/mol. The summed E-state index contributed by atoms with van der Waals surface area (Å²) in [6.45, 7) is 9.07. The number of likely N-dealkylation sites (N-methyl/N-ethyl adjacent to an activating group) is 1. The second-order valence-electron chi connectivity index (χ2n) is 8.22. The van der Waals surface area contributed by atoms with Crippen LogP contribution in [0.2, 0.25) is 0 Å². The lowest BCUT2D eigenvalue weighted by Gasteiger charge is -2.39. The predicted molar refractivity (Wildman–Crippen MR) is 122 cm³/mol. The number of aromatic amines is 1. The van der Waals surface area contributed by atoms with E-state index in [-0.39, 0.29) is 17.0 Å². The van der Waals surface area contributed by atoms with E-state index in [1.807, 2.05) is 4.90 Å². The molecule has 33 heavy (non-hydrogen) atoms. The van der Waals surface area contributed by atoms with Gasteiger partial charge in [-0.1, -0.05) is 6.92 Å². The molecule has 0 radical (unpaired) electrons. The zero-order valence-electron chi connectivity index (χ0n) is 18.8. The molecule has 3 aromatic rings. The first-order chi connectivity index (χ1) is 15.8. The van der Waals surface area contributed by atoms with Crippen molar-refractivity contribution in [3.8, 4) is 23.0 Å². The maximum Gasteiger partial charge on any atom is 0.280 e. The molecule has 1 aliphatic heterocycles. The molecule has 9 heteroatoms. The Morgan fingerprint density at radius 1 is 1.30 bits per heavy atom. The summed E-state index contributed by atoms with van der Waals surface area (Å²) in [7, 11) is 0. The number of pyridine rings is 1. The predicted octanol–water partition coefficient (Wildman–Crippen LogP) is 2.71. The van der Waals surface area contributed by atoms with Crippen LogP contribution in [0.25, 0.3) is 16.9 Å². The molecule has 0 saturated carbocycles. The molecule has 1 fully saturated rings. The van der Waals surface area contributed by atoms with Crippen molar-refractivity contribution in [2.75, 3.05) is 26.2 Å². The number of amides is 1. The first kappa shape index (κ1) is 22.4. The Morgan fingerprint density at radius 3 is 2.73 bits per heavy atom. The molecule has 2 aromatic heterocycles. The smallest absolute Gasteiger partial charge is 0.280 e. The number of carbonyl (C=O) groups excluding carboxylic acids is 1. The summed E-state index contributed by atoms with van der Waals surface area (Å²) < 4.78 is 15.4. The van der Waals surface area contributed by atoms with Gasteiger partial charge in [-0.25, -0.2) is 14.1 Å². The Labute approximate surface area is 190 Å². The van der Waals surface area contributed by atoms with Crippen LogP contribution in [-0.4, -0.2) is 62.7 Å². The van der Waals surface area contributed by atoms with Gasteiger partial charge in [-0.2, -0.15) is 5.26 Å². The molecule has 1 atom stereocenters. The molecule has 0 unspecified atom stereocenters. The fourth-order valence-corrected chi connectivity index (χ4v) is 4.27. The van der Waals surface area contributed by atoms with Crippen LogP contribution in [0.5, 0.6) is 0 Å². The average molecular weight is 449 g/mol. The number of carbonyl (C=O) groups is 1. The molecule has 1 amide bonds. The Hall–Kier alpha value is -3.77. The van der Waals surface area contributed by atoms with E-state index in [4.69, 9.17) is 5.26 Å². The van der Waals surface area contributed by atoms with E-state index in [1.54, 1.807) is 25.1 Å². The fourth-order valence-electron chi connectivity index (χ4n) is 4.27. The van der Waals surface area contributed by atoms with Crippen molar-refractivity contribution in [2.24, 2.45) is 0 Å². The highest BCUT2D eigenvalue weighted by Gasteiger charge is 2.26. The van der Waals surface area contributed by atoms with E-state index in [9.17, 15) is 14.0 Å². The molecular formula is C24H25FN6O2. The minimum absolute atomic E-state index is 0.0699. The normalized spacial score (nSPS) is 16.6. The van der Waals surface area contributed by atoms with Crippen LogP contribution in [0.4, 0.5) is 4.39 Å². The number of hydrogen-bond donors (Lipinski definition) is 1.